The molecular formula is C30H36FN3O2. The van der Waals surface area contributed by atoms with E-state index in [0.29, 0.717) is 17.3 Å². The van der Waals surface area contributed by atoms with Crippen LogP contribution in [0.3, 0.4) is 0 Å². The zero-order chi connectivity index (χ0) is 24.7. The summed E-state index contributed by atoms with van der Waals surface area (Å²) < 4.78 is 19.5. The van der Waals surface area contributed by atoms with Crippen LogP contribution in [0.15, 0.2) is 54.6 Å². The third kappa shape index (κ3) is 4.69. The van der Waals surface area contributed by atoms with E-state index >= 15 is 0 Å². The van der Waals surface area contributed by atoms with Gasteiger partial charge in [-0.25, -0.2) is 4.39 Å². The fraction of sp³-hybridized carbons (Fsp3) is 0.500. The quantitative estimate of drug-likeness (QED) is 0.561. The lowest BCUT2D eigenvalue weighted by atomic mass is 9.89. The van der Waals surface area contributed by atoms with Gasteiger partial charge in [-0.2, -0.15) is 0 Å². The van der Waals surface area contributed by atoms with E-state index in [2.05, 4.69) is 40.4 Å². The smallest absolute Gasteiger partial charge is 0.257 e. The van der Waals surface area contributed by atoms with Crippen molar-refractivity contribution < 1.29 is 13.9 Å². The molecule has 6 heteroatoms. The predicted molar refractivity (Wildman–Crippen MR) is 139 cm³/mol. The standard InChI is InChI=1S/C30H36FN3O2/c1-33-12-14-34(15-13-33)19-24-16-22(21-2-6-26(31)7-3-21)4-9-28(24)36-20-29(35)32-18-23-17-25-5-8-27(23)30(25)10-11-30/h2-9,16,23,25,27H,10-15,17-20H2,1H3,(H,32,35)/t23-,25+,27+/m0/s1. The summed E-state index contributed by atoms with van der Waals surface area (Å²) in [5, 5.41) is 3.14. The maximum Gasteiger partial charge on any atom is 0.257 e. The van der Waals surface area contributed by atoms with E-state index in [-0.39, 0.29) is 18.3 Å². The molecule has 1 aliphatic heterocycles. The average Bonchev–Trinajstić information content (AvgIpc) is 3.56. The fourth-order valence-electron chi connectivity index (χ4n) is 6.71. The average molecular weight is 490 g/mol. The fourth-order valence-corrected chi connectivity index (χ4v) is 6.71. The van der Waals surface area contributed by atoms with E-state index in [9.17, 15) is 9.18 Å². The number of nitrogens with one attached hydrogen (secondary N) is 1. The van der Waals surface area contributed by atoms with Crippen molar-refractivity contribution in [3.05, 3.63) is 66.0 Å². The van der Waals surface area contributed by atoms with Crippen LogP contribution in [0.1, 0.15) is 24.8 Å². The molecule has 36 heavy (non-hydrogen) atoms. The van der Waals surface area contributed by atoms with Crippen LogP contribution in [0.5, 0.6) is 5.75 Å². The van der Waals surface area contributed by atoms with Crippen LogP contribution in [-0.4, -0.2) is 62.1 Å². The Bertz CT molecular complexity index is 1140. The van der Waals surface area contributed by atoms with Gasteiger partial charge in [-0.05, 0) is 84.9 Å². The lowest BCUT2D eigenvalue weighted by molar-refractivity contribution is -0.123. The van der Waals surface area contributed by atoms with Crippen molar-refractivity contribution in [1.82, 2.24) is 15.1 Å². The summed E-state index contributed by atoms with van der Waals surface area (Å²) in [4.78, 5) is 17.5. The number of amides is 1. The first-order valence-electron chi connectivity index (χ1n) is 13.4. The summed E-state index contributed by atoms with van der Waals surface area (Å²) in [6.07, 6.45) is 8.74. The van der Waals surface area contributed by atoms with Gasteiger partial charge in [0.15, 0.2) is 6.61 Å². The number of nitrogens with zero attached hydrogens (tertiary/aromatic N) is 2. The molecule has 2 saturated carbocycles. The van der Waals surface area contributed by atoms with E-state index in [1.165, 1.54) is 31.4 Å². The van der Waals surface area contributed by atoms with Crippen LogP contribution in [0.2, 0.25) is 0 Å². The molecule has 3 atom stereocenters. The third-order valence-corrected chi connectivity index (χ3v) is 8.99. The van der Waals surface area contributed by atoms with Gasteiger partial charge < -0.3 is 15.0 Å². The Hall–Kier alpha value is -2.70. The van der Waals surface area contributed by atoms with Crippen molar-refractivity contribution in [2.24, 2.45) is 23.2 Å². The second kappa shape index (κ2) is 9.64. The highest BCUT2D eigenvalue weighted by Crippen LogP contribution is 2.69. The lowest BCUT2D eigenvalue weighted by Crippen LogP contribution is -2.43. The maximum absolute atomic E-state index is 13.4. The molecular weight excluding hydrogens is 453 g/mol. The molecule has 0 aromatic heterocycles. The molecule has 3 fully saturated rings. The van der Waals surface area contributed by atoms with E-state index < -0.39 is 0 Å². The molecule has 4 aliphatic rings. The van der Waals surface area contributed by atoms with Gasteiger partial charge in [0, 0.05) is 44.8 Å². The summed E-state index contributed by atoms with van der Waals surface area (Å²) >= 11 is 0. The van der Waals surface area contributed by atoms with E-state index in [1.54, 1.807) is 12.1 Å². The van der Waals surface area contributed by atoms with Gasteiger partial charge in [-0.1, -0.05) is 30.4 Å². The van der Waals surface area contributed by atoms with Crippen molar-refractivity contribution in [2.75, 3.05) is 46.4 Å². The molecule has 1 saturated heterocycles. The largest absolute Gasteiger partial charge is 0.483 e. The molecule has 5 nitrogen and oxygen atoms in total. The van der Waals surface area contributed by atoms with Gasteiger partial charge in [0.25, 0.3) is 5.91 Å². The van der Waals surface area contributed by atoms with Crippen molar-refractivity contribution >= 4 is 5.91 Å². The molecule has 2 bridgehead atoms. The summed E-state index contributed by atoms with van der Waals surface area (Å²) in [5.74, 6) is 2.40. The number of hydrogen-bond acceptors (Lipinski definition) is 4. The minimum absolute atomic E-state index is 0.0213. The molecule has 1 N–H and O–H groups in total. The minimum atomic E-state index is -0.240. The van der Waals surface area contributed by atoms with Crippen LogP contribution in [0.25, 0.3) is 11.1 Å². The molecule has 0 radical (unpaired) electrons. The Morgan fingerprint density at radius 1 is 1.06 bits per heavy atom. The highest BCUT2D eigenvalue weighted by atomic mass is 19.1. The topological polar surface area (TPSA) is 44.8 Å². The SMILES string of the molecule is CN1CCN(Cc2cc(-c3ccc(F)cc3)ccc2OCC(=O)NC[C@@H]2C[C@H]3C=C[C@H]2C32CC2)CC1. The number of likely N-dealkylation sites (N-methyl/N-ethyl adjacent to an activating group) is 1. The normalized spacial score (nSPS) is 26.4. The monoisotopic (exact) mass is 489 g/mol. The molecule has 1 amide bonds. The number of halogens is 1. The molecule has 3 aliphatic carbocycles. The van der Waals surface area contributed by atoms with Crippen molar-refractivity contribution in [1.29, 1.82) is 0 Å². The minimum Gasteiger partial charge on any atom is -0.483 e. The molecule has 2 aromatic carbocycles. The van der Waals surface area contributed by atoms with E-state index in [1.807, 2.05) is 12.1 Å². The van der Waals surface area contributed by atoms with Crippen LogP contribution >= 0.6 is 0 Å². The highest BCUT2D eigenvalue weighted by molar-refractivity contribution is 5.77. The summed E-state index contributed by atoms with van der Waals surface area (Å²) in [7, 11) is 2.15. The zero-order valence-electron chi connectivity index (χ0n) is 21.1. The van der Waals surface area contributed by atoms with Crippen molar-refractivity contribution in [2.45, 2.75) is 25.8 Å². The van der Waals surface area contributed by atoms with Crippen molar-refractivity contribution in [3.8, 4) is 16.9 Å². The second-order valence-electron chi connectivity index (χ2n) is 11.2. The molecule has 0 unspecified atom stereocenters. The van der Waals surface area contributed by atoms with Crippen LogP contribution in [-0.2, 0) is 11.3 Å². The Balaban J connectivity index is 1.10. The number of hydrogen-bond donors (Lipinski definition) is 1. The van der Waals surface area contributed by atoms with E-state index in [4.69, 9.17) is 4.74 Å². The number of benzene rings is 2. The lowest BCUT2D eigenvalue weighted by Gasteiger charge is -2.32. The van der Waals surface area contributed by atoms with Crippen molar-refractivity contribution in [3.63, 3.8) is 0 Å². The molecule has 1 heterocycles. The molecule has 190 valence electrons. The van der Waals surface area contributed by atoms with Gasteiger partial charge in [0.1, 0.15) is 11.6 Å². The zero-order valence-corrected chi connectivity index (χ0v) is 21.1. The van der Waals surface area contributed by atoms with Crippen LogP contribution in [0.4, 0.5) is 4.39 Å². The summed E-state index contributed by atoms with van der Waals surface area (Å²) in [5.41, 5.74) is 3.60. The first kappa shape index (κ1) is 23.7. The second-order valence-corrected chi connectivity index (χ2v) is 11.2. The number of allylic oxidation sites excluding steroid dienone is 2. The number of piperazine rings is 1. The van der Waals surface area contributed by atoms with Crippen LogP contribution in [0, 0.1) is 29.0 Å². The highest BCUT2D eigenvalue weighted by Gasteiger charge is 2.62. The molecule has 2 aromatic rings. The van der Waals surface area contributed by atoms with Gasteiger partial charge in [0.2, 0.25) is 0 Å². The van der Waals surface area contributed by atoms with Gasteiger partial charge >= 0.3 is 0 Å². The van der Waals surface area contributed by atoms with E-state index in [0.717, 1.165) is 67.6 Å². The third-order valence-electron chi connectivity index (χ3n) is 8.99. The molecule has 6 rings (SSSR count). The first-order chi connectivity index (χ1) is 17.5. The molecule has 1 spiro atoms. The predicted octanol–water partition coefficient (Wildman–Crippen LogP) is 4.34. The summed E-state index contributed by atoms with van der Waals surface area (Å²) in [6, 6.07) is 12.6. The van der Waals surface area contributed by atoms with Gasteiger partial charge in [-0.3, -0.25) is 9.69 Å². The van der Waals surface area contributed by atoms with Gasteiger partial charge in [-0.15, -0.1) is 0 Å². The number of carbonyl (C=O) groups is 1. The Labute approximate surface area is 213 Å². The summed E-state index contributed by atoms with van der Waals surface area (Å²) in [6.45, 7) is 5.60. The first-order valence-corrected chi connectivity index (χ1v) is 13.4. The Kier molecular flexibility index (Phi) is 6.34. The van der Waals surface area contributed by atoms with Gasteiger partial charge in [0.05, 0.1) is 0 Å². The number of carbonyl (C=O) groups excluding carboxylic acids is 1. The number of rotatable bonds is 8. The van der Waals surface area contributed by atoms with Crippen LogP contribution < -0.4 is 10.1 Å². The Morgan fingerprint density at radius 3 is 2.53 bits per heavy atom. The Morgan fingerprint density at radius 2 is 1.81 bits per heavy atom. The maximum atomic E-state index is 13.4. The number of ether oxygens (including phenoxy) is 1.